The number of carbonyl (C=O) groups is 2. The SMILES string of the molecule is CCc1ccc(C(=O)CC(C)(C)N(Cl)N(Cl)C(=O)c2ccc(Cl)cc2)cc1. The zero-order chi connectivity index (χ0) is 20.2. The lowest BCUT2D eigenvalue weighted by atomic mass is 9.94. The van der Waals surface area contributed by atoms with Gasteiger partial charge >= 0.3 is 0 Å². The molecule has 4 nitrogen and oxygen atoms in total. The molecule has 2 aromatic rings. The Bertz CT molecular complexity index is 805. The third-order valence-electron chi connectivity index (χ3n) is 4.19. The number of rotatable bonds is 7. The largest absolute Gasteiger partial charge is 0.294 e. The van der Waals surface area contributed by atoms with Crippen LogP contribution in [0.4, 0.5) is 0 Å². The number of hydrazine groups is 1. The maximum absolute atomic E-state index is 12.6. The average Bonchev–Trinajstić information content (AvgIpc) is 2.66. The summed E-state index contributed by atoms with van der Waals surface area (Å²) in [7, 11) is 0. The molecule has 0 unspecified atom stereocenters. The molecule has 0 saturated carbocycles. The number of benzene rings is 2. The van der Waals surface area contributed by atoms with Crippen LogP contribution < -0.4 is 0 Å². The molecule has 0 radical (unpaired) electrons. The van der Waals surface area contributed by atoms with Gasteiger partial charge in [-0.1, -0.05) is 42.8 Å². The lowest BCUT2D eigenvalue weighted by Crippen LogP contribution is -2.48. The Morgan fingerprint density at radius 3 is 1.96 bits per heavy atom. The van der Waals surface area contributed by atoms with Crippen molar-refractivity contribution in [3.63, 3.8) is 0 Å². The monoisotopic (exact) mass is 426 g/mol. The van der Waals surface area contributed by atoms with Gasteiger partial charge in [-0.2, -0.15) is 4.53 Å². The van der Waals surface area contributed by atoms with E-state index in [-0.39, 0.29) is 12.2 Å². The highest BCUT2D eigenvalue weighted by Gasteiger charge is 2.35. The van der Waals surface area contributed by atoms with Crippen LogP contribution in [-0.4, -0.2) is 26.3 Å². The molecule has 0 aliphatic rings. The van der Waals surface area contributed by atoms with E-state index in [0.29, 0.717) is 16.1 Å². The zero-order valence-electron chi connectivity index (χ0n) is 15.4. The van der Waals surface area contributed by atoms with Crippen molar-refractivity contribution in [2.45, 2.75) is 39.2 Å². The molecule has 0 saturated heterocycles. The van der Waals surface area contributed by atoms with Crippen LogP contribution in [0.5, 0.6) is 0 Å². The fourth-order valence-electron chi connectivity index (χ4n) is 2.50. The van der Waals surface area contributed by atoms with Gasteiger partial charge in [0.15, 0.2) is 5.78 Å². The zero-order valence-corrected chi connectivity index (χ0v) is 17.6. The van der Waals surface area contributed by atoms with Gasteiger partial charge in [0.25, 0.3) is 5.91 Å². The van der Waals surface area contributed by atoms with Crippen LogP contribution in [0.1, 0.15) is 53.5 Å². The molecule has 0 fully saturated rings. The standard InChI is InChI=1S/C20H21Cl3N2O2/c1-4-14-5-7-15(8-6-14)18(26)13-20(2,3)25(23)24(22)19(27)16-9-11-17(21)12-10-16/h5-12H,4,13H2,1-3H3. The van der Waals surface area contributed by atoms with E-state index in [2.05, 4.69) is 6.92 Å². The predicted molar refractivity (Wildman–Crippen MR) is 110 cm³/mol. The molecule has 0 atom stereocenters. The molecule has 0 heterocycles. The van der Waals surface area contributed by atoms with E-state index >= 15 is 0 Å². The summed E-state index contributed by atoms with van der Waals surface area (Å²) in [5.74, 6) is -0.603. The molecule has 2 aromatic carbocycles. The fourth-order valence-corrected chi connectivity index (χ4v) is 3.06. The number of Topliss-reactive ketones (excluding diaryl/α,β-unsaturated/α-hetero) is 1. The Hall–Kier alpha value is -1.59. The van der Waals surface area contributed by atoms with Crippen molar-refractivity contribution in [1.29, 1.82) is 0 Å². The summed E-state index contributed by atoms with van der Waals surface area (Å²) >= 11 is 18.3. The summed E-state index contributed by atoms with van der Waals surface area (Å²) in [5, 5.41) is 0.510. The van der Waals surface area contributed by atoms with Crippen molar-refractivity contribution in [3.05, 3.63) is 70.2 Å². The Kier molecular flexibility index (Phi) is 7.29. The molecule has 0 aliphatic heterocycles. The predicted octanol–water partition coefficient (Wildman–Crippen LogP) is 5.92. The summed E-state index contributed by atoms with van der Waals surface area (Å²) < 4.78 is 1.82. The number of ketones is 1. The molecular formula is C20H21Cl3N2O2. The maximum Gasteiger partial charge on any atom is 0.284 e. The minimum absolute atomic E-state index is 0.0824. The van der Waals surface area contributed by atoms with Crippen LogP contribution in [-0.2, 0) is 6.42 Å². The highest BCUT2D eigenvalue weighted by molar-refractivity contribution is 6.31. The van der Waals surface area contributed by atoms with E-state index in [4.69, 9.17) is 35.2 Å². The van der Waals surface area contributed by atoms with Crippen LogP contribution in [0.2, 0.25) is 5.02 Å². The quantitative estimate of drug-likeness (QED) is 0.313. The van der Waals surface area contributed by atoms with Gasteiger partial charge in [-0.15, -0.1) is 4.53 Å². The van der Waals surface area contributed by atoms with Gasteiger partial charge in [0.2, 0.25) is 0 Å². The smallest absolute Gasteiger partial charge is 0.284 e. The summed E-state index contributed by atoms with van der Waals surface area (Å²) in [5.41, 5.74) is 1.18. The van der Waals surface area contributed by atoms with Crippen LogP contribution in [0.25, 0.3) is 0 Å². The first-order valence-electron chi connectivity index (χ1n) is 8.49. The van der Waals surface area contributed by atoms with Gasteiger partial charge in [0, 0.05) is 46.1 Å². The number of halogens is 3. The van der Waals surface area contributed by atoms with E-state index in [9.17, 15) is 9.59 Å². The first-order valence-corrected chi connectivity index (χ1v) is 9.55. The lowest BCUT2D eigenvalue weighted by Gasteiger charge is -2.35. The Morgan fingerprint density at radius 1 is 0.926 bits per heavy atom. The van der Waals surface area contributed by atoms with Gasteiger partial charge < -0.3 is 0 Å². The number of amides is 1. The third kappa shape index (κ3) is 5.45. The lowest BCUT2D eigenvalue weighted by molar-refractivity contribution is 0.0374. The van der Waals surface area contributed by atoms with Gasteiger partial charge in [-0.3, -0.25) is 9.59 Å². The van der Waals surface area contributed by atoms with Crippen molar-refractivity contribution in [3.8, 4) is 0 Å². The Morgan fingerprint density at radius 2 is 1.44 bits per heavy atom. The molecule has 0 N–H and O–H groups in total. The van der Waals surface area contributed by atoms with E-state index < -0.39 is 11.4 Å². The van der Waals surface area contributed by atoms with Crippen molar-refractivity contribution >= 4 is 46.8 Å². The molecule has 0 aromatic heterocycles. The topological polar surface area (TPSA) is 40.6 Å². The van der Waals surface area contributed by atoms with Gasteiger partial charge in [-0.05, 0) is 50.1 Å². The highest BCUT2D eigenvalue weighted by Crippen LogP contribution is 2.28. The van der Waals surface area contributed by atoms with Crippen molar-refractivity contribution < 1.29 is 9.59 Å². The van der Waals surface area contributed by atoms with E-state index in [0.717, 1.165) is 21.0 Å². The van der Waals surface area contributed by atoms with E-state index in [1.807, 2.05) is 12.1 Å². The number of hydrogen-bond acceptors (Lipinski definition) is 3. The first-order chi connectivity index (χ1) is 12.7. The molecule has 0 spiro atoms. The molecular weight excluding hydrogens is 407 g/mol. The number of nitrogens with zero attached hydrogens (tertiary/aromatic N) is 2. The molecule has 2 rings (SSSR count). The van der Waals surface area contributed by atoms with Crippen LogP contribution in [0.15, 0.2) is 48.5 Å². The normalized spacial score (nSPS) is 11.5. The Balaban J connectivity index is 2.10. The summed E-state index contributed by atoms with van der Waals surface area (Å²) in [6, 6.07) is 13.7. The van der Waals surface area contributed by atoms with Crippen LogP contribution in [0, 0.1) is 0 Å². The van der Waals surface area contributed by atoms with E-state index in [1.54, 1.807) is 50.2 Å². The van der Waals surface area contributed by atoms with Crippen LogP contribution in [0.3, 0.4) is 0 Å². The summed E-state index contributed by atoms with van der Waals surface area (Å²) in [4.78, 5) is 25.1. The van der Waals surface area contributed by atoms with Crippen molar-refractivity contribution in [1.82, 2.24) is 9.06 Å². The van der Waals surface area contributed by atoms with Crippen molar-refractivity contribution in [2.75, 3.05) is 0 Å². The average molecular weight is 428 g/mol. The van der Waals surface area contributed by atoms with Crippen molar-refractivity contribution in [2.24, 2.45) is 0 Å². The molecule has 1 amide bonds. The van der Waals surface area contributed by atoms with Gasteiger partial charge in [-0.25, -0.2) is 0 Å². The molecule has 27 heavy (non-hydrogen) atoms. The van der Waals surface area contributed by atoms with Gasteiger partial charge in [0.05, 0.1) is 5.54 Å². The number of aryl methyl sites for hydroxylation is 1. The third-order valence-corrected chi connectivity index (χ3v) is 5.43. The maximum atomic E-state index is 12.6. The number of carbonyl (C=O) groups excluding carboxylic acids is 2. The molecule has 7 heteroatoms. The summed E-state index contributed by atoms with van der Waals surface area (Å²) in [6.45, 7) is 5.53. The minimum Gasteiger partial charge on any atom is -0.294 e. The van der Waals surface area contributed by atoms with Crippen LogP contribution >= 0.6 is 35.2 Å². The summed E-state index contributed by atoms with van der Waals surface area (Å²) in [6.07, 6.45) is 0.989. The second-order valence-electron chi connectivity index (χ2n) is 6.80. The minimum atomic E-state index is -0.897. The fraction of sp³-hybridized carbons (Fsp3) is 0.300. The Labute approximate surface area is 174 Å². The molecule has 0 bridgehead atoms. The number of hydrogen-bond donors (Lipinski definition) is 0. The molecule has 0 aliphatic carbocycles. The molecule has 144 valence electrons. The first kappa shape index (κ1) is 21.7. The second-order valence-corrected chi connectivity index (χ2v) is 7.87. The highest BCUT2D eigenvalue weighted by atomic mass is 35.5. The second kappa shape index (κ2) is 9.07. The van der Waals surface area contributed by atoms with Gasteiger partial charge in [0.1, 0.15) is 0 Å². The van der Waals surface area contributed by atoms with E-state index in [1.165, 1.54) is 0 Å².